The number of hydrogen-bond acceptors (Lipinski definition) is 9. The van der Waals surface area contributed by atoms with Gasteiger partial charge in [0.25, 0.3) is 0 Å². The predicted octanol–water partition coefficient (Wildman–Crippen LogP) is 4.88. The Balaban J connectivity index is 1.71. The van der Waals surface area contributed by atoms with Gasteiger partial charge in [-0.3, -0.25) is 33.6 Å². The quantitative estimate of drug-likeness (QED) is 0.124. The molecule has 3 rings (SSSR count). The summed E-state index contributed by atoms with van der Waals surface area (Å²) >= 11 is 0. The van der Waals surface area contributed by atoms with Crippen LogP contribution in [0.3, 0.4) is 0 Å². The lowest BCUT2D eigenvalue weighted by atomic mass is 9.83. The minimum Gasteiger partial charge on any atom is -0.465 e. The molecular weight excluding hydrogens is 678 g/mol. The Labute approximate surface area is 314 Å². The van der Waals surface area contributed by atoms with E-state index < -0.39 is 59.4 Å². The van der Waals surface area contributed by atoms with Crippen LogP contribution in [-0.2, 0) is 49.6 Å². The van der Waals surface area contributed by atoms with Crippen molar-refractivity contribution < 1.29 is 43.0 Å². The molecule has 0 radical (unpaired) electrons. The third kappa shape index (κ3) is 13.8. The number of ketones is 3. The van der Waals surface area contributed by atoms with E-state index in [0.717, 1.165) is 37.7 Å². The number of amides is 3. The number of carbonyl (C=O) groups is 7. The van der Waals surface area contributed by atoms with Crippen LogP contribution in [0.25, 0.3) is 0 Å². The molecule has 1 aliphatic heterocycles. The lowest BCUT2D eigenvalue weighted by Gasteiger charge is -2.30. The maximum atomic E-state index is 14.1. The number of carbonyl (C=O) groups excluding carboxylic acids is 7. The van der Waals surface area contributed by atoms with Crippen LogP contribution in [-0.4, -0.2) is 77.3 Å². The number of nitrogens with two attached hydrogens (primary N) is 1. The average Bonchev–Trinajstić information content (AvgIpc) is 3.57. The highest BCUT2D eigenvalue weighted by molar-refractivity contribution is 6.38. The van der Waals surface area contributed by atoms with Gasteiger partial charge < -0.3 is 25.4 Å². The lowest BCUT2D eigenvalue weighted by Crippen LogP contribution is -2.49. The summed E-state index contributed by atoms with van der Waals surface area (Å²) in [5.41, 5.74) is 6.52. The van der Waals surface area contributed by atoms with Crippen molar-refractivity contribution in [3.05, 3.63) is 35.9 Å². The first-order valence-electron chi connectivity index (χ1n) is 19.5. The van der Waals surface area contributed by atoms with E-state index in [1.54, 1.807) is 0 Å². The number of primary amides is 1. The Morgan fingerprint density at radius 3 is 2.21 bits per heavy atom. The first-order chi connectivity index (χ1) is 25.2. The summed E-state index contributed by atoms with van der Waals surface area (Å²) < 4.78 is 11.6. The smallest absolute Gasteiger partial charge is 0.306 e. The molecule has 0 spiro atoms. The van der Waals surface area contributed by atoms with Crippen LogP contribution < -0.4 is 11.1 Å². The number of rotatable bonds is 22. The second-order valence-corrected chi connectivity index (χ2v) is 15.6. The molecule has 0 bridgehead atoms. The van der Waals surface area contributed by atoms with Crippen molar-refractivity contribution in [3.63, 3.8) is 0 Å². The first-order valence-corrected chi connectivity index (χ1v) is 19.5. The van der Waals surface area contributed by atoms with Gasteiger partial charge in [-0.2, -0.15) is 0 Å². The molecule has 3 unspecified atom stereocenters. The molecule has 0 aromatic heterocycles. The molecule has 1 aliphatic carbocycles. The number of Topliss-reactive ketones (excluding diaryl/α,β-unsaturated/α-hetero) is 3. The summed E-state index contributed by atoms with van der Waals surface area (Å²) in [6, 6.07) is 7.81. The minimum absolute atomic E-state index is 0.0534. The molecule has 294 valence electrons. The average molecular weight is 740 g/mol. The van der Waals surface area contributed by atoms with Gasteiger partial charge in [-0.15, -0.1) is 0 Å². The monoisotopic (exact) mass is 739 g/mol. The van der Waals surface area contributed by atoms with Crippen LogP contribution in [0.4, 0.5) is 0 Å². The Kier molecular flexibility index (Phi) is 17.8. The maximum Gasteiger partial charge on any atom is 0.306 e. The third-order valence-electron chi connectivity index (χ3n) is 10.4. The molecule has 12 heteroatoms. The van der Waals surface area contributed by atoms with Crippen molar-refractivity contribution in [1.82, 2.24) is 10.2 Å². The van der Waals surface area contributed by atoms with Crippen LogP contribution >= 0.6 is 0 Å². The molecule has 3 amide bonds. The molecular formula is C41H61N3O9. The molecule has 1 saturated heterocycles. The van der Waals surface area contributed by atoms with E-state index >= 15 is 0 Å². The van der Waals surface area contributed by atoms with Gasteiger partial charge in [-0.1, -0.05) is 90.6 Å². The summed E-state index contributed by atoms with van der Waals surface area (Å²) in [7, 11) is 0. The number of nitrogens with zero attached hydrogens (tertiary/aromatic N) is 1. The lowest BCUT2D eigenvalue weighted by molar-refractivity contribution is -0.152. The summed E-state index contributed by atoms with van der Waals surface area (Å²) in [4.78, 5) is 93.9. The second-order valence-electron chi connectivity index (χ2n) is 15.6. The molecule has 3 N–H and O–H groups in total. The van der Waals surface area contributed by atoms with Crippen molar-refractivity contribution in [2.24, 2.45) is 35.3 Å². The largest absolute Gasteiger partial charge is 0.465 e. The second kappa shape index (κ2) is 21.7. The van der Waals surface area contributed by atoms with Gasteiger partial charge in [0, 0.05) is 38.1 Å². The number of ether oxygens (including phenoxy) is 2. The summed E-state index contributed by atoms with van der Waals surface area (Å²) in [5.74, 6) is -5.62. The van der Waals surface area contributed by atoms with Crippen molar-refractivity contribution >= 4 is 41.0 Å². The fourth-order valence-electron chi connectivity index (χ4n) is 7.34. The van der Waals surface area contributed by atoms with Crippen molar-refractivity contribution in [1.29, 1.82) is 0 Å². The number of esters is 1. The van der Waals surface area contributed by atoms with Gasteiger partial charge in [-0.05, 0) is 42.6 Å². The highest BCUT2D eigenvalue weighted by Crippen LogP contribution is 2.31. The molecule has 1 aromatic rings. The van der Waals surface area contributed by atoms with E-state index in [1.165, 1.54) is 4.90 Å². The zero-order valence-corrected chi connectivity index (χ0v) is 32.3. The van der Waals surface area contributed by atoms with E-state index in [9.17, 15) is 33.6 Å². The van der Waals surface area contributed by atoms with E-state index in [0.29, 0.717) is 6.42 Å². The van der Waals surface area contributed by atoms with E-state index in [4.69, 9.17) is 15.2 Å². The highest BCUT2D eigenvalue weighted by Gasteiger charge is 2.44. The van der Waals surface area contributed by atoms with Crippen molar-refractivity contribution in [2.45, 2.75) is 136 Å². The van der Waals surface area contributed by atoms with Gasteiger partial charge >= 0.3 is 5.97 Å². The number of nitrogens with one attached hydrogen (secondary N) is 1. The normalized spacial score (nSPS) is 19.4. The van der Waals surface area contributed by atoms with Crippen LogP contribution in [0.1, 0.15) is 117 Å². The Hall–Kier alpha value is -3.93. The Morgan fingerprint density at radius 1 is 0.925 bits per heavy atom. The van der Waals surface area contributed by atoms with Crippen LogP contribution in [0.5, 0.6) is 0 Å². The van der Waals surface area contributed by atoms with Crippen molar-refractivity contribution in [3.8, 4) is 0 Å². The fraction of sp³-hybridized carbons (Fsp3) is 0.683. The summed E-state index contributed by atoms with van der Waals surface area (Å²) in [6.45, 7) is 10.1. The molecule has 12 nitrogen and oxygen atoms in total. The van der Waals surface area contributed by atoms with Crippen LogP contribution in [0.2, 0.25) is 0 Å². The molecule has 2 aliphatic rings. The molecule has 1 heterocycles. The van der Waals surface area contributed by atoms with E-state index in [-0.39, 0.29) is 87.7 Å². The van der Waals surface area contributed by atoms with Crippen LogP contribution in [0.15, 0.2) is 30.3 Å². The zero-order valence-electron chi connectivity index (χ0n) is 32.3. The van der Waals surface area contributed by atoms with Crippen molar-refractivity contribution in [2.75, 3.05) is 13.2 Å². The first kappa shape index (κ1) is 43.5. The summed E-state index contributed by atoms with van der Waals surface area (Å²) in [6.07, 6.45) is 4.07. The maximum absolute atomic E-state index is 14.1. The molecule has 1 aromatic carbocycles. The Morgan fingerprint density at radius 2 is 1.60 bits per heavy atom. The summed E-state index contributed by atoms with van der Waals surface area (Å²) in [5, 5.41) is 2.68. The van der Waals surface area contributed by atoms with Gasteiger partial charge in [-0.25, -0.2) is 0 Å². The minimum atomic E-state index is -0.920. The van der Waals surface area contributed by atoms with Gasteiger partial charge in [0.2, 0.25) is 23.5 Å². The standard InChI is InChI=1S/C41H61N3O9/c1-6-13-30(39(49)34(45)18-19-36(47)43-38(40(42)50)29-16-11-8-12-17-29)20-35(46)33-21-31(52-25-28-14-9-7-10-15-28)23-44(33)41(51)32(27(4)5)22-37(48)53-24-26(2)3/h7,9-10,14-15,26-27,29-33,38H,6,8,11-13,16-25H2,1-5H3,(H2,42,50)(H,43,47)/t30?,31-,32?,33+,38?/m1/s1. The fourth-order valence-corrected chi connectivity index (χ4v) is 7.34. The Bertz CT molecular complexity index is 1410. The molecule has 1 saturated carbocycles. The predicted molar refractivity (Wildman–Crippen MR) is 199 cm³/mol. The van der Waals surface area contributed by atoms with E-state index in [1.807, 2.05) is 65.0 Å². The highest BCUT2D eigenvalue weighted by atomic mass is 16.5. The molecule has 5 atom stereocenters. The third-order valence-corrected chi connectivity index (χ3v) is 10.4. The van der Waals surface area contributed by atoms with E-state index in [2.05, 4.69) is 5.32 Å². The van der Waals surface area contributed by atoms with Gasteiger partial charge in [0.1, 0.15) is 6.04 Å². The molecule has 2 fully saturated rings. The number of likely N-dealkylation sites (tertiary alicyclic amines) is 1. The topological polar surface area (TPSA) is 179 Å². The molecule has 53 heavy (non-hydrogen) atoms. The zero-order chi connectivity index (χ0) is 39.1. The van der Waals surface area contributed by atoms with Crippen LogP contribution in [0, 0.1) is 29.6 Å². The van der Waals surface area contributed by atoms with Gasteiger partial charge in [0.05, 0.1) is 37.7 Å². The number of benzene rings is 1. The SMILES string of the molecule is CCCC(CC(=O)[C@@H]1C[C@@H](OCc2ccccc2)CN1C(=O)C(CC(=O)OCC(C)C)C(C)C)C(=O)C(=O)CCC(=O)NC(C(N)=O)C1CCCCC1. The van der Waals surface area contributed by atoms with Gasteiger partial charge in [0.15, 0.2) is 11.6 Å². The number of hydrogen-bond donors (Lipinski definition) is 2.